The number of ether oxygens (including phenoxy) is 3. The Hall–Kier alpha value is -2.91. The zero-order chi connectivity index (χ0) is 22.5. The molecule has 8 heteroatoms. The summed E-state index contributed by atoms with van der Waals surface area (Å²) in [4.78, 5) is 13.5. The number of Topliss-reactive ketones (excluding diaryl/α,β-unsaturated/α-hetero) is 1. The van der Waals surface area contributed by atoms with Crippen molar-refractivity contribution in [3.05, 3.63) is 59.5 Å². The molecule has 0 radical (unpaired) electrons. The topological polar surface area (TPSA) is 119 Å². The summed E-state index contributed by atoms with van der Waals surface area (Å²) < 4.78 is 24.1. The third-order valence-electron chi connectivity index (χ3n) is 7.13. The van der Waals surface area contributed by atoms with E-state index in [9.17, 15) is 20.1 Å². The molecule has 0 saturated heterocycles. The maximum atomic E-state index is 13.5. The number of hydrogen-bond acceptors (Lipinski definition) is 8. The van der Waals surface area contributed by atoms with E-state index in [1.807, 2.05) is 12.1 Å². The number of methoxy groups -OCH3 is 1. The highest BCUT2D eigenvalue weighted by Crippen LogP contribution is 2.62. The number of benzene rings is 2. The standard InChI is InChI=1S/C24H22O8/c1-12-11-14-20(30-12)21(27)24(23(28)18(26)10-9-17(25)22(14,23)29-2)31-15-7-3-5-13-6-4-8-16(32-24)19(13)15/h3-8,11,17,21,25,27-28H,9-10H2,1-2H3. The number of aliphatic hydroxyl groups excluding tert-OH is 2. The molecule has 0 amide bonds. The summed E-state index contributed by atoms with van der Waals surface area (Å²) in [6.07, 6.45) is -3.09. The molecule has 3 aliphatic rings. The Balaban J connectivity index is 1.71. The molecule has 1 aliphatic heterocycles. The lowest BCUT2D eigenvalue weighted by atomic mass is 9.57. The van der Waals surface area contributed by atoms with E-state index < -0.39 is 35.0 Å². The maximum absolute atomic E-state index is 13.5. The summed E-state index contributed by atoms with van der Waals surface area (Å²) in [7, 11) is 1.29. The van der Waals surface area contributed by atoms with Crippen molar-refractivity contribution in [2.45, 2.75) is 49.0 Å². The first kappa shape index (κ1) is 19.8. The van der Waals surface area contributed by atoms with E-state index in [1.54, 1.807) is 37.3 Å². The molecule has 32 heavy (non-hydrogen) atoms. The van der Waals surface area contributed by atoms with Crippen molar-refractivity contribution in [2.75, 3.05) is 7.11 Å². The second-order valence-electron chi connectivity index (χ2n) is 8.65. The first-order chi connectivity index (χ1) is 15.3. The van der Waals surface area contributed by atoms with Gasteiger partial charge in [0.05, 0.1) is 11.5 Å². The van der Waals surface area contributed by atoms with E-state index in [0.29, 0.717) is 22.6 Å². The number of carbonyl (C=O) groups is 1. The van der Waals surface area contributed by atoms with Crippen molar-refractivity contribution in [3.63, 3.8) is 0 Å². The lowest BCUT2D eigenvalue weighted by Gasteiger charge is -2.60. The number of ketones is 1. The van der Waals surface area contributed by atoms with Crippen LogP contribution in [0.4, 0.5) is 0 Å². The van der Waals surface area contributed by atoms with Crippen molar-refractivity contribution in [3.8, 4) is 11.5 Å². The van der Waals surface area contributed by atoms with Crippen molar-refractivity contribution in [2.24, 2.45) is 0 Å². The van der Waals surface area contributed by atoms with Gasteiger partial charge in [-0.2, -0.15) is 0 Å². The number of furan rings is 1. The minimum absolute atomic E-state index is 0.00864. The predicted octanol–water partition coefficient (Wildman–Crippen LogP) is 2.25. The van der Waals surface area contributed by atoms with Crippen molar-refractivity contribution in [1.82, 2.24) is 0 Å². The van der Waals surface area contributed by atoms with Crippen molar-refractivity contribution in [1.29, 1.82) is 0 Å². The van der Waals surface area contributed by atoms with Crippen LogP contribution < -0.4 is 9.47 Å². The van der Waals surface area contributed by atoms with Crippen LogP contribution in [-0.4, -0.2) is 45.7 Å². The van der Waals surface area contributed by atoms with Crippen LogP contribution in [-0.2, 0) is 15.1 Å². The fourth-order valence-electron chi connectivity index (χ4n) is 5.77. The van der Waals surface area contributed by atoms with Crippen molar-refractivity contribution < 1.29 is 38.7 Å². The first-order valence-corrected chi connectivity index (χ1v) is 10.5. The molecule has 166 valence electrons. The molecule has 1 fully saturated rings. The molecule has 1 saturated carbocycles. The van der Waals surface area contributed by atoms with Gasteiger partial charge in [-0.15, -0.1) is 0 Å². The molecular weight excluding hydrogens is 416 g/mol. The quantitative estimate of drug-likeness (QED) is 0.530. The van der Waals surface area contributed by atoms with Gasteiger partial charge in [-0.05, 0) is 36.9 Å². The molecule has 1 spiro atoms. The highest BCUT2D eigenvalue weighted by atomic mass is 16.7. The zero-order valence-electron chi connectivity index (χ0n) is 17.5. The minimum atomic E-state index is -2.59. The SMILES string of the molecule is COC12c3cc(C)oc3C(O)C3(Oc4cccc5cccc(c45)O3)C1(O)C(=O)CCC2O. The molecule has 2 heterocycles. The summed E-state index contributed by atoms with van der Waals surface area (Å²) in [5.74, 6) is -1.97. The zero-order valence-corrected chi connectivity index (χ0v) is 17.5. The van der Waals surface area contributed by atoms with Crippen LogP contribution in [0.1, 0.15) is 36.0 Å². The van der Waals surface area contributed by atoms with Gasteiger partial charge < -0.3 is 33.9 Å². The number of rotatable bonds is 1. The van der Waals surface area contributed by atoms with Gasteiger partial charge in [-0.3, -0.25) is 4.79 Å². The van der Waals surface area contributed by atoms with E-state index in [2.05, 4.69) is 0 Å². The number of fused-ring (bicyclic) bond motifs is 4. The Morgan fingerprint density at radius 1 is 1.09 bits per heavy atom. The second kappa shape index (κ2) is 6.11. The fourth-order valence-corrected chi connectivity index (χ4v) is 5.77. The van der Waals surface area contributed by atoms with E-state index in [4.69, 9.17) is 18.6 Å². The lowest BCUT2D eigenvalue weighted by Crippen LogP contribution is -2.82. The normalized spacial score (nSPS) is 32.2. The average Bonchev–Trinajstić information content (AvgIpc) is 3.18. The van der Waals surface area contributed by atoms with Gasteiger partial charge >= 0.3 is 5.79 Å². The number of hydrogen-bond donors (Lipinski definition) is 3. The largest absolute Gasteiger partial charge is 0.463 e. The molecule has 3 aromatic rings. The average molecular weight is 438 g/mol. The first-order valence-electron chi connectivity index (χ1n) is 10.5. The summed E-state index contributed by atoms with van der Waals surface area (Å²) in [5, 5.41) is 36.5. The molecule has 0 bridgehead atoms. The molecular formula is C24H22O8. The summed E-state index contributed by atoms with van der Waals surface area (Å²) in [6, 6.07) is 12.2. The van der Waals surface area contributed by atoms with Gasteiger partial charge in [0.1, 0.15) is 23.0 Å². The molecule has 4 unspecified atom stereocenters. The van der Waals surface area contributed by atoms with Crippen molar-refractivity contribution >= 4 is 16.6 Å². The third-order valence-corrected chi connectivity index (χ3v) is 7.13. The van der Waals surface area contributed by atoms with E-state index in [-0.39, 0.29) is 24.2 Å². The predicted molar refractivity (Wildman–Crippen MR) is 110 cm³/mol. The van der Waals surface area contributed by atoms with E-state index >= 15 is 0 Å². The monoisotopic (exact) mass is 438 g/mol. The number of carbonyl (C=O) groups excluding carboxylic acids is 1. The highest BCUT2D eigenvalue weighted by molar-refractivity contribution is 5.96. The molecule has 3 N–H and O–H groups in total. The Labute approximate surface area is 182 Å². The van der Waals surface area contributed by atoms with Crippen LogP contribution in [0, 0.1) is 6.92 Å². The highest BCUT2D eigenvalue weighted by Gasteiger charge is 2.82. The smallest absolute Gasteiger partial charge is 0.324 e. The molecule has 8 nitrogen and oxygen atoms in total. The molecule has 4 atom stereocenters. The summed E-state index contributed by atoms with van der Waals surface area (Å²) >= 11 is 0. The Kier molecular flexibility index (Phi) is 3.77. The Morgan fingerprint density at radius 3 is 2.38 bits per heavy atom. The molecule has 2 aliphatic carbocycles. The van der Waals surface area contributed by atoms with Crippen LogP contribution >= 0.6 is 0 Å². The fraction of sp³-hybridized carbons (Fsp3) is 0.375. The minimum Gasteiger partial charge on any atom is -0.463 e. The summed E-state index contributed by atoms with van der Waals surface area (Å²) in [5.41, 5.74) is -4.37. The van der Waals surface area contributed by atoms with E-state index in [1.165, 1.54) is 7.11 Å². The number of aliphatic hydroxyl groups is 3. The van der Waals surface area contributed by atoms with E-state index in [0.717, 1.165) is 5.39 Å². The second-order valence-corrected chi connectivity index (χ2v) is 8.65. The number of aryl methyl sites for hydroxylation is 1. The maximum Gasteiger partial charge on any atom is 0.324 e. The van der Waals surface area contributed by atoms with Gasteiger partial charge in [-0.25, -0.2) is 0 Å². The van der Waals surface area contributed by atoms with Crippen LogP contribution in [0.5, 0.6) is 11.5 Å². The lowest BCUT2D eigenvalue weighted by molar-refractivity contribution is -0.359. The van der Waals surface area contributed by atoms with Crippen LogP contribution in [0.15, 0.2) is 46.9 Å². The molecule has 6 rings (SSSR count). The van der Waals surface area contributed by atoms with Crippen LogP contribution in [0.2, 0.25) is 0 Å². The van der Waals surface area contributed by atoms with Gasteiger partial charge in [0.15, 0.2) is 17.5 Å². The Morgan fingerprint density at radius 2 is 1.75 bits per heavy atom. The third kappa shape index (κ3) is 1.96. The van der Waals surface area contributed by atoms with Gasteiger partial charge in [0, 0.05) is 19.1 Å². The summed E-state index contributed by atoms with van der Waals surface area (Å²) in [6.45, 7) is 1.66. The van der Waals surface area contributed by atoms with Gasteiger partial charge in [0.2, 0.25) is 5.60 Å². The van der Waals surface area contributed by atoms with Crippen LogP contribution in [0.3, 0.4) is 0 Å². The Bertz CT molecular complexity index is 1240. The van der Waals surface area contributed by atoms with Crippen LogP contribution in [0.25, 0.3) is 10.8 Å². The van der Waals surface area contributed by atoms with Gasteiger partial charge in [0.25, 0.3) is 0 Å². The van der Waals surface area contributed by atoms with Gasteiger partial charge in [-0.1, -0.05) is 24.3 Å². The molecule has 1 aromatic heterocycles. The molecule has 2 aromatic carbocycles.